The second kappa shape index (κ2) is 5.75. The molecule has 80 valence electrons. The zero-order valence-electron chi connectivity index (χ0n) is 7.90. The van der Waals surface area contributed by atoms with Crippen LogP contribution in [-0.2, 0) is 0 Å². The third-order valence-electron chi connectivity index (χ3n) is 1.80. The Morgan fingerprint density at radius 3 is 2.23 bits per heavy atom. The van der Waals surface area contributed by atoms with Crippen LogP contribution in [0.4, 0.5) is 13.2 Å². The maximum Gasteiger partial charge on any atom is 0.441 e. The normalized spacial score (nSPS) is 15.0. The van der Waals surface area contributed by atoms with Crippen molar-refractivity contribution in [2.75, 3.05) is 5.75 Å². The smallest absolute Gasteiger partial charge is 0.327 e. The van der Waals surface area contributed by atoms with Crippen LogP contribution in [0.15, 0.2) is 0 Å². The van der Waals surface area contributed by atoms with Gasteiger partial charge in [-0.2, -0.15) is 13.2 Å². The van der Waals surface area contributed by atoms with Gasteiger partial charge in [-0.1, -0.05) is 25.6 Å². The molecule has 0 aromatic rings. The van der Waals surface area contributed by atoms with Crippen LogP contribution in [0, 0.1) is 5.92 Å². The van der Waals surface area contributed by atoms with Gasteiger partial charge in [0.2, 0.25) is 0 Å². The summed E-state index contributed by atoms with van der Waals surface area (Å²) >= 11 is 0.0317. The molecule has 0 saturated heterocycles. The molecule has 0 aliphatic rings. The van der Waals surface area contributed by atoms with Gasteiger partial charge in [-0.25, -0.2) is 0 Å². The largest absolute Gasteiger partial charge is 0.441 e. The van der Waals surface area contributed by atoms with Crippen molar-refractivity contribution >= 4 is 11.8 Å². The predicted molar refractivity (Wildman–Crippen MR) is 50.6 cm³/mol. The fraction of sp³-hybridized carbons (Fsp3) is 1.00. The SMILES string of the molecule is CC(C)C(N)CCCSC(F)(F)F. The molecule has 0 heterocycles. The fourth-order valence-electron chi connectivity index (χ4n) is 0.840. The Morgan fingerprint density at radius 2 is 1.85 bits per heavy atom. The van der Waals surface area contributed by atoms with Crippen LogP contribution < -0.4 is 5.73 Å². The summed E-state index contributed by atoms with van der Waals surface area (Å²) < 4.78 is 35.0. The van der Waals surface area contributed by atoms with E-state index >= 15 is 0 Å². The minimum atomic E-state index is -4.10. The molecule has 1 atom stereocenters. The number of nitrogens with two attached hydrogens (primary N) is 1. The Balaban J connectivity index is 3.36. The summed E-state index contributed by atoms with van der Waals surface area (Å²) in [5, 5.41) is 0. The predicted octanol–water partition coefficient (Wildman–Crippen LogP) is 3.00. The standard InChI is InChI=1S/C8H16F3NS/c1-6(2)7(12)4-3-5-13-8(9,10)11/h6-7H,3-5,12H2,1-2H3. The number of thioether (sulfide) groups is 1. The second-order valence-electron chi connectivity index (χ2n) is 3.34. The minimum Gasteiger partial charge on any atom is -0.327 e. The van der Waals surface area contributed by atoms with Gasteiger partial charge >= 0.3 is 5.51 Å². The summed E-state index contributed by atoms with van der Waals surface area (Å²) in [6, 6.07) is 0.0221. The molecule has 0 aromatic heterocycles. The van der Waals surface area contributed by atoms with Crippen LogP contribution in [0.5, 0.6) is 0 Å². The second-order valence-corrected chi connectivity index (χ2v) is 4.50. The van der Waals surface area contributed by atoms with Crippen molar-refractivity contribution in [3.8, 4) is 0 Å². The topological polar surface area (TPSA) is 26.0 Å². The van der Waals surface area contributed by atoms with E-state index in [4.69, 9.17) is 5.73 Å². The van der Waals surface area contributed by atoms with Gasteiger partial charge in [0.25, 0.3) is 0 Å². The zero-order valence-corrected chi connectivity index (χ0v) is 8.71. The van der Waals surface area contributed by atoms with Crippen LogP contribution in [0.3, 0.4) is 0 Å². The Bertz CT molecular complexity index is 136. The highest BCUT2D eigenvalue weighted by Gasteiger charge is 2.27. The van der Waals surface area contributed by atoms with Crippen LogP contribution in [-0.4, -0.2) is 17.3 Å². The van der Waals surface area contributed by atoms with Gasteiger partial charge in [-0.05, 0) is 18.8 Å². The van der Waals surface area contributed by atoms with E-state index in [1.807, 2.05) is 13.8 Å². The number of halogens is 3. The molecule has 0 fully saturated rings. The van der Waals surface area contributed by atoms with Crippen LogP contribution in [0.1, 0.15) is 26.7 Å². The maximum absolute atomic E-state index is 11.7. The number of hydrogen-bond donors (Lipinski definition) is 1. The van der Waals surface area contributed by atoms with Gasteiger partial charge in [-0.3, -0.25) is 0 Å². The number of alkyl halides is 3. The summed E-state index contributed by atoms with van der Waals surface area (Å²) in [5.41, 5.74) is 1.58. The van der Waals surface area contributed by atoms with Crippen molar-refractivity contribution in [2.45, 2.75) is 38.2 Å². The van der Waals surface area contributed by atoms with Gasteiger partial charge < -0.3 is 5.73 Å². The average Bonchev–Trinajstić information content (AvgIpc) is 1.95. The van der Waals surface area contributed by atoms with E-state index in [1.54, 1.807) is 0 Å². The number of hydrogen-bond acceptors (Lipinski definition) is 2. The molecule has 13 heavy (non-hydrogen) atoms. The summed E-state index contributed by atoms with van der Waals surface area (Å²) in [5.74, 6) is 0.458. The molecule has 0 aliphatic carbocycles. The van der Waals surface area contributed by atoms with Crippen molar-refractivity contribution in [1.29, 1.82) is 0 Å². The van der Waals surface area contributed by atoms with Gasteiger partial charge in [0, 0.05) is 11.8 Å². The first-order valence-corrected chi connectivity index (χ1v) is 5.27. The molecule has 0 rings (SSSR count). The molecule has 0 saturated carbocycles. The minimum absolute atomic E-state index is 0.0221. The maximum atomic E-state index is 11.7. The first-order chi connectivity index (χ1) is 5.83. The molecule has 1 nitrogen and oxygen atoms in total. The lowest BCUT2D eigenvalue weighted by molar-refractivity contribution is -0.0328. The molecule has 0 amide bonds. The van der Waals surface area contributed by atoms with Crippen LogP contribution in [0.2, 0.25) is 0 Å². The van der Waals surface area contributed by atoms with Gasteiger partial charge in [0.15, 0.2) is 0 Å². The van der Waals surface area contributed by atoms with Crippen molar-refractivity contribution < 1.29 is 13.2 Å². The van der Waals surface area contributed by atoms with E-state index in [-0.39, 0.29) is 23.6 Å². The van der Waals surface area contributed by atoms with E-state index in [0.29, 0.717) is 18.8 Å². The molecule has 0 aliphatic heterocycles. The molecule has 1 unspecified atom stereocenters. The van der Waals surface area contributed by atoms with Crippen LogP contribution >= 0.6 is 11.8 Å². The van der Waals surface area contributed by atoms with E-state index < -0.39 is 5.51 Å². The monoisotopic (exact) mass is 215 g/mol. The lowest BCUT2D eigenvalue weighted by Gasteiger charge is -2.15. The van der Waals surface area contributed by atoms with Gasteiger partial charge in [0.1, 0.15) is 0 Å². The highest BCUT2D eigenvalue weighted by molar-refractivity contribution is 8.00. The third-order valence-corrected chi connectivity index (χ3v) is 2.62. The first kappa shape index (κ1) is 13.1. The molecule has 0 spiro atoms. The summed E-state index contributed by atoms with van der Waals surface area (Å²) in [7, 11) is 0. The van der Waals surface area contributed by atoms with Gasteiger partial charge in [0.05, 0.1) is 0 Å². The average molecular weight is 215 g/mol. The lowest BCUT2D eigenvalue weighted by Crippen LogP contribution is -2.26. The first-order valence-electron chi connectivity index (χ1n) is 4.29. The highest BCUT2D eigenvalue weighted by atomic mass is 32.2. The zero-order chi connectivity index (χ0) is 10.5. The molecular formula is C8H16F3NS. The summed E-state index contributed by atoms with van der Waals surface area (Å²) in [6.45, 7) is 3.95. The van der Waals surface area contributed by atoms with Crippen LogP contribution in [0.25, 0.3) is 0 Å². The van der Waals surface area contributed by atoms with Gasteiger partial charge in [-0.15, -0.1) is 0 Å². The Hall–Kier alpha value is 0.100. The van der Waals surface area contributed by atoms with E-state index in [9.17, 15) is 13.2 Å². The lowest BCUT2D eigenvalue weighted by atomic mass is 10.0. The van der Waals surface area contributed by atoms with Crippen molar-refractivity contribution in [1.82, 2.24) is 0 Å². The quantitative estimate of drug-likeness (QED) is 0.713. The van der Waals surface area contributed by atoms with E-state index in [0.717, 1.165) is 0 Å². The molecule has 0 bridgehead atoms. The molecule has 0 radical (unpaired) electrons. The van der Waals surface area contributed by atoms with Crippen molar-refractivity contribution in [3.05, 3.63) is 0 Å². The van der Waals surface area contributed by atoms with Crippen molar-refractivity contribution in [2.24, 2.45) is 11.7 Å². The molecule has 5 heteroatoms. The third kappa shape index (κ3) is 8.43. The Morgan fingerprint density at radius 1 is 1.31 bits per heavy atom. The Kier molecular flexibility index (Phi) is 5.80. The number of rotatable bonds is 5. The molecule has 2 N–H and O–H groups in total. The highest BCUT2D eigenvalue weighted by Crippen LogP contribution is 2.30. The van der Waals surface area contributed by atoms with E-state index in [2.05, 4.69) is 0 Å². The fourth-order valence-corrected chi connectivity index (χ4v) is 1.38. The summed E-state index contributed by atoms with van der Waals surface area (Å²) in [6.07, 6.45) is 1.20. The Labute approximate surface area is 81.3 Å². The van der Waals surface area contributed by atoms with Crippen molar-refractivity contribution in [3.63, 3.8) is 0 Å². The molecule has 0 aromatic carbocycles. The molecular weight excluding hydrogens is 199 g/mol. The van der Waals surface area contributed by atoms with E-state index in [1.165, 1.54) is 0 Å². The summed E-state index contributed by atoms with van der Waals surface area (Å²) in [4.78, 5) is 0.